The second kappa shape index (κ2) is 9.27. The normalized spacial score (nSPS) is 16.4. The molecule has 2 N–H and O–H groups in total. The number of nitrogens with zero attached hydrogens (tertiary/aromatic N) is 1. The molecule has 0 saturated heterocycles. The van der Waals surface area contributed by atoms with Crippen LogP contribution in [-0.2, 0) is 11.3 Å². The standard InChI is InChI=1S/C18H27N3O4/c1-4-7-20-18(23)21-11-15-10-14(17(22)19-8-9-24-3)5-6-16(15)25-12-13(21)2/h5-6,10,13H,4,7-9,11-12H2,1-3H3,(H,19,22)(H,20,23)/t13-/m0/s1. The number of rotatable bonds is 6. The maximum Gasteiger partial charge on any atom is 0.318 e. The Morgan fingerprint density at radius 3 is 2.84 bits per heavy atom. The molecular weight excluding hydrogens is 322 g/mol. The molecule has 0 aromatic heterocycles. The summed E-state index contributed by atoms with van der Waals surface area (Å²) in [5, 5.41) is 5.70. The van der Waals surface area contributed by atoms with Gasteiger partial charge in [0.25, 0.3) is 5.91 Å². The van der Waals surface area contributed by atoms with E-state index in [0.717, 1.165) is 12.0 Å². The van der Waals surface area contributed by atoms with Gasteiger partial charge in [-0.3, -0.25) is 4.79 Å². The monoisotopic (exact) mass is 349 g/mol. The van der Waals surface area contributed by atoms with E-state index in [4.69, 9.17) is 9.47 Å². The highest BCUT2D eigenvalue weighted by molar-refractivity contribution is 5.94. The van der Waals surface area contributed by atoms with Crippen LogP contribution in [0.25, 0.3) is 0 Å². The van der Waals surface area contributed by atoms with E-state index in [1.165, 1.54) is 0 Å². The Morgan fingerprint density at radius 1 is 1.32 bits per heavy atom. The molecule has 1 aromatic rings. The molecule has 0 spiro atoms. The maximum absolute atomic E-state index is 12.4. The van der Waals surface area contributed by atoms with E-state index in [-0.39, 0.29) is 18.0 Å². The minimum absolute atomic E-state index is 0.0526. The number of nitrogens with one attached hydrogen (secondary N) is 2. The minimum atomic E-state index is -0.167. The molecule has 1 aliphatic rings. The van der Waals surface area contributed by atoms with Crippen molar-refractivity contribution in [3.8, 4) is 5.75 Å². The summed E-state index contributed by atoms with van der Waals surface area (Å²) in [4.78, 5) is 26.3. The Hall–Kier alpha value is -2.28. The van der Waals surface area contributed by atoms with Gasteiger partial charge in [0.15, 0.2) is 0 Å². The average Bonchev–Trinajstić information content (AvgIpc) is 2.78. The zero-order chi connectivity index (χ0) is 18.2. The van der Waals surface area contributed by atoms with E-state index in [2.05, 4.69) is 10.6 Å². The number of amides is 3. The van der Waals surface area contributed by atoms with Gasteiger partial charge in [-0.2, -0.15) is 0 Å². The Balaban J connectivity index is 2.14. The van der Waals surface area contributed by atoms with E-state index in [9.17, 15) is 9.59 Å². The Morgan fingerprint density at radius 2 is 2.12 bits per heavy atom. The molecule has 0 radical (unpaired) electrons. The van der Waals surface area contributed by atoms with Crippen LogP contribution < -0.4 is 15.4 Å². The van der Waals surface area contributed by atoms with Crippen molar-refractivity contribution >= 4 is 11.9 Å². The number of carbonyl (C=O) groups excluding carboxylic acids is 2. The number of hydrogen-bond acceptors (Lipinski definition) is 4. The summed E-state index contributed by atoms with van der Waals surface area (Å²) >= 11 is 0. The predicted octanol–water partition coefficient (Wildman–Crippen LogP) is 1.77. The molecular formula is C18H27N3O4. The first kappa shape index (κ1) is 19.1. The van der Waals surface area contributed by atoms with Crippen molar-refractivity contribution in [3.05, 3.63) is 29.3 Å². The molecule has 1 aromatic carbocycles. The lowest BCUT2D eigenvalue weighted by molar-refractivity contribution is 0.0937. The zero-order valence-electron chi connectivity index (χ0n) is 15.1. The first-order valence-electron chi connectivity index (χ1n) is 8.64. The van der Waals surface area contributed by atoms with Crippen LogP contribution >= 0.6 is 0 Å². The summed E-state index contributed by atoms with van der Waals surface area (Å²) in [5.74, 6) is 0.546. The first-order chi connectivity index (χ1) is 12.1. The van der Waals surface area contributed by atoms with Gasteiger partial charge in [-0.05, 0) is 31.5 Å². The summed E-state index contributed by atoms with van der Waals surface area (Å²) in [6.07, 6.45) is 0.882. The van der Waals surface area contributed by atoms with Crippen LogP contribution in [0.15, 0.2) is 18.2 Å². The molecule has 0 saturated carbocycles. The third kappa shape index (κ3) is 5.09. The molecule has 138 valence electrons. The predicted molar refractivity (Wildman–Crippen MR) is 94.8 cm³/mol. The minimum Gasteiger partial charge on any atom is -0.491 e. The number of methoxy groups -OCH3 is 1. The first-order valence-corrected chi connectivity index (χ1v) is 8.64. The van der Waals surface area contributed by atoms with Crippen molar-refractivity contribution in [1.82, 2.24) is 15.5 Å². The lowest BCUT2D eigenvalue weighted by Crippen LogP contribution is -2.45. The van der Waals surface area contributed by atoms with Crippen LogP contribution in [-0.4, -0.2) is 56.3 Å². The Labute approximate surface area is 148 Å². The van der Waals surface area contributed by atoms with Crippen LogP contribution in [0.1, 0.15) is 36.2 Å². The van der Waals surface area contributed by atoms with E-state index >= 15 is 0 Å². The third-order valence-electron chi connectivity index (χ3n) is 4.05. The highest BCUT2D eigenvalue weighted by Gasteiger charge is 2.26. The quantitative estimate of drug-likeness (QED) is 0.767. The molecule has 3 amide bonds. The fourth-order valence-corrected chi connectivity index (χ4v) is 2.60. The van der Waals surface area contributed by atoms with Crippen molar-refractivity contribution in [2.24, 2.45) is 0 Å². The summed E-state index contributed by atoms with van der Waals surface area (Å²) < 4.78 is 10.7. The van der Waals surface area contributed by atoms with Gasteiger partial charge in [0.1, 0.15) is 12.4 Å². The average molecular weight is 349 g/mol. The summed E-state index contributed by atoms with van der Waals surface area (Å²) in [6.45, 7) is 6.35. The van der Waals surface area contributed by atoms with Crippen molar-refractivity contribution in [1.29, 1.82) is 0 Å². The maximum atomic E-state index is 12.4. The number of hydrogen-bond donors (Lipinski definition) is 2. The van der Waals surface area contributed by atoms with Crippen LogP contribution in [0.2, 0.25) is 0 Å². The van der Waals surface area contributed by atoms with Gasteiger partial charge in [-0.15, -0.1) is 0 Å². The van der Waals surface area contributed by atoms with Gasteiger partial charge < -0.3 is 25.0 Å². The van der Waals surface area contributed by atoms with E-state index in [1.54, 1.807) is 30.2 Å². The lowest BCUT2D eigenvalue weighted by atomic mass is 10.1. The largest absolute Gasteiger partial charge is 0.491 e. The van der Waals surface area contributed by atoms with E-state index in [1.807, 2.05) is 13.8 Å². The molecule has 7 heteroatoms. The molecule has 0 bridgehead atoms. The molecule has 1 heterocycles. The Bertz CT molecular complexity index is 606. The highest BCUT2D eigenvalue weighted by Crippen LogP contribution is 2.26. The third-order valence-corrected chi connectivity index (χ3v) is 4.05. The zero-order valence-corrected chi connectivity index (χ0v) is 15.1. The Kier molecular flexibility index (Phi) is 7.06. The van der Waals surface area contributed by atoms with Gasteiger partial charge in [0.2, 0.25) is 0 Å². The molecule has 0 aliphatic carbocycles. The fourth-order valence-electron chi connectivity index (χ4n) is 2.60. The van der Waals surface area contributed by atoms with Crippen LogP contribution in [0, 0.1) is 0 Å². The topological polar surface area (TPSA) is 79.9 Å². The lowest BCUT2D eigenvalue weighted by Gasteiger charge is -2.26. The molecule has 7 nitrogen and oxygen atoms in total. The highest BCUT2D eigenvalue weighted by atomic mass is 16.5. The van der Waals surface area contributed by atoms with Crippen LogP contribution in [0.3, 0.4) is 0 Å². The molecule has 1 aliphatic heterocycles. The van der Waals surface area contributed by atoms with Crippen molar-refractivity contribution < 1.29 is 19.1 Å². The van der Waals surface area contributed by atoms with Gasteiger partial charge in [0.05, 0.1) is 19.2 Å². The van der Waals surface area contributed by atoms with Gasteiger partial charge >= 0.3 is 6.03 Å². The van der Waals surface area contributed by atoms with E-state index in [0.29, 0.717) is 44.2 Å². The smallest absolute Gasteiger partial charge is 0.318 e. The SMILES string of the molecule is CCCNC(=O)N1Cc2cc(C(=O)NCCOC)ccc2OC[C@@H]1C. The summed E-state index contributed by atoms with van der Waals surface area (Å²) in [5.41, 5.74) is 1.37. The molecule has 2 rings (SSSR count). The number of ether oxygens (including phenoxy) is 2. The van der Waals surface area contributed by atoms with Crippen molar-refractivity contribution in [3.63, 3.8) is 0 Å². The summed E-state index contributed by atoms with van der Waals surface area (Å²) in [7, 11) is 1.59. The van der Waals surface area contributed by atoms with Gasteiger partial charge in [-0.1, -0.05) is 6.92 Å². The number of carbonyl (C=O) groups is 2. The van der Waals surface area contributed by atoms with Crippen molar-refractivity contribution in [2.45, 2.75) is 32.9 Å². The van der Waals surface area contributed by atoms with E-state index < -0.39 is 0 Å². The number of urea groups is 1. The fraction of sp³-hybridized carbons (Fsp3) is 0.556. The molecule has 1 atom stereocenters. The second-order valence-corrected chi connectivity index (χ2v) is 6.09. The number of benzene rings is 1. The molecule has 0 unspecified atom stereocenters. The summed E-state index contributed by atoms with van der Waals surface area (Å²) in [6, 6.07) is 5.15. The molecule has 0 fully saturated rings. The van der Waals surface area contributed by atoms with Crippen molar-refractivity contribution in [2.75, 3.05) is 33.4 Å². The molecule has 25 heavy (non-hydrogen) atoms. The second-order valence-electron chi connectivity index (χ2n) is 6.09. The number of fused-ring (bicyclic) bond motifs is 1. The van der Waals surface area contributed by atoms with Gasteiger partial charge in [0, 0.05) is 31.3 Å². The van der Waals surface area contributed by atoms with Gasteiger partial charge in [-0.25, -0.2) is 4.79 Å². The van der Waals surface area contributed by atoms with Crippen LogP contribution in [0.4, 0.5) is 4.79 Å². The van der Waals surface area contributed by atoms with Crippen LogP contribution in [0.5, 0.6) is 5.75 Å².